The van der Waals surface area contributed by atoms with Gasteiger partial charge in [-0.25, -0.2) is 4.98 Å². The maximum absolute atomic E-state index is 12.3. The van der Waals surface area contributed by atoms with E-state index in [-0.39, 0.29) is 5.91 Å². The number of hydrogen-bond donors (Lipinski definition) is 1. The number of aryl methyl sites for hydroxylation is 1. The van der Waals surface area contributed by atoms with Crippen LogP contribution in [0.5, 0.6) is 0 Å². The molecule has 2 heterocycles. The predicted octanol–water partition coefficient (Wildman–Crippen LogP) is 2.37. The summed E-state index contributed by atoms with van der Waals surface area (Å²) in [5.41, 5.74) is 4.53. The Morgan fingerprint density at radius 3 is 3.00 bits per heavy atom. The van der Waals surface area contributed by atoms with E-state index in [1.165, 1.54) is 17.7 Å². The van der Waals surface area contributed by atoms with Gasteiger partial charge in [0.05, 0.1) is 11.2 Å². The number of carbonyl (C=O) groups is 1. The van der Waals surface area contributed by atoms with Gasteiger partial charge in [-0.1, -0.05) is 0 Å². The molecule has 1 amide bonds. The van der Waals surface area contributed by atoms with Crippen LogP contribution in [-0.4, -0.2) is 39.6 Å². The quantitative estimate of drug-likeness (QED) is 0.919. The number of H-pyrrole nitrogens is 1. The zero-order valence-electron chi connectivity index (χ0n) is 11.7. The standard InChI is InChI=1S/C14H18N4OS/c1-9-13(20-8-15-9)5-6-18(2)14(19)12-7-11(16-17-12)10-3-4-10/h7-8,10H,3-6H2,1-2H3,(H,16,17). The fraction of sp³-hybridized carbons (Fsp3) is 0.500. The average molecular weight is 290 g/mol. The van der Waals surface area contributed by atoms with Gasteiger partial charge in [0.25, 0.3) is 5.91 Å². The molecule has 0 aliphatic heterocycles. The first-order valence-electron chi connectivity index (χ1n) is 6.85. The van der Waals surface area contributed by atoms with Crippen molar-refractivity contribution in [2.45, 2.75) is 32.1 Å². The third-order valence-electron chi connectivity index (χ3n) is 3.70. The van der Waals surface area contributed by atoms with Crippen molar-refractivity contribution in [3.05, 3.63) is 33.5 Å². The second-order valence-corrected chi connectivity index (χ2v) is 6.26. The van der Waals surface area contributed by atoms with Gasteiger partial charge < -0.3 is 4.90 Å². The number of amides is 1. The van der Waals surface area contributed by atoms with Gasteiger partial charge >= 0.3 is 0 Å². The number of nitrogens with zero attached hydrogens (tertiary/aromatic N) is 3. The molecule has 0 bridgehead atoms. The summed E-state index contributed by atoms with van der Waals surface area (Å²) in [5, 5.41) is 7.11. The van der Waals surface area contributed by atoms with E-state index >= 15 is 0 Å². The Morgan fingerprint density at radius 2 is 2.35 bits per heavy atom. The molecular weight excluding hydrogens is 272 g/mol. The normalized spacial score (nSPS) is 14.5. The van der Waals surface area contributed by atoms with Crippen molar-refractivity contribution < 1.29 is 4.79 Å². The van der Waals surface area contributed by atoms with Crippen LogP contribution in [0.1, 0.15) is 45.5 Å². The van der Waals surface area contributed by atoms with Crippen molar-refractivity contribution in [1.29, 1.82) is 0 Å². The number of hydrogen-bond acceptors (Lipinski definition) is 4. The summed E-state index contributed by atoms with van der Waals surface area (Å²) in [5.74, 6) is 0.574. The fourth-order valence-electron chi connectivity index (χ4n) is 2.18. The fourth-order valence-corrected chi connectivity index (χ4v) is 2.95. The zero-order chi connectivity index (χ0) is 14.1. The molecular formula is C14H18N4OS. The maximum Gasteiger partial charge on any atom is 0.274 e. The van der Waals surface area contributed by atoms with Crippen LogP contribution in [0.2, 0.25) is 0 Å². The number of thiazole rings is 1. The number of likely N-dealkylation sites (N-methyl/N-ethyl adjacent to an activating group) is 1. The largest absolute Gasteiger partial charge is 0.340 e. The zero-order valence-corrected chi connectivity index (χ0v) is 12.5. The Kier molecular flexibility index (Phi) is 3.56. The molecule has 1 aliphatic rings. The van der Waals surface area contributed by atoms with E-state index in [1.807, 2.05) is 25.5 Å². The summed E-state index contributed by atoms with van der Waals surface area (Å²) >= 11 is 1.64. The SMILES string of the molecule is Cc1ncsc1CCN(C)C(=O)c1cc(C2CC2)[nH]n1. The molecule has 6 heteroatoms. The highest BCUT2D eigenvalue weighted by Crippen LogP contribution is 2.39. The Labute approximate surface area is 122 Å². The lowest BCUT2D eigenvalue weighted by Crippen LogP contribution is -2.29. The van der Waals surface area contributed by atoms with Crippen LogP contribution in [0.25, 0.3) is 0 Å². The molecule has 0 saturated heterocycles. The molecule has 5 nitrogen and oxygen atoms in total. The minimum Gasteiger partial charge on any atom is -0.340 e. The van der Waals surface area contributed by atoms with Gasteiger partial charge in [0.15, 0.2) is 0 Å². The van der Waals surface area contributed by atoms with Gasteiger partial charge in [0, 0.05) is 36.5 Å². The second kappa shape index (κ2) is 5.36. The van der Waals surface area contributed by atoms with Crippen LogP contribution in [-0.2, 0) is 6.42 Å². The Morgan fingerprint density at radius 1 is 1.55 bits per heavy atom. The Balaban J connectivity index is 1.59. The van der Waals surface area contributed by atoms with Gasteiger partial charge in [-0.3, -0.25) is 9.89 Å². The van der Waals surface area contributed by atoms with E-state index in [4.69, 9.17) is 0 Å². The number of aromatic amines is 1. The summed E-state index contributed by atoms with van der Waals surface area (Å²) < 4.78 is 0. The first-order valence-corrected chi connectivity index (χ1v) is 7.73. The monoisotopic (exact) mass is 290 g/mol. The van der Waals surface area contributed by atoms with Crippen LogP contribution in [0.4, 0.5) is 0 Å². The highest BCUT2D eigenvalue weighted by Gasteiger charge is 2.27. The van der Waals surface area contributed by atoms with Crippen molar-refractivity contribution in [3.63, 3.8) is 0 Å². The maximum atomic E-state index is 12.3. The lowest BCUT2D eigenvalue weighted by atomic mass is 10.2. The summed E-state index contributed by atoms with van der Waals surface area (Å²) in [7, 11) is 1.82. The molecule has 1 aliphatic carbocycles. The van der Waals surface area contributed by atoms with Crippen molar-refractivity contribution in [3.8, 4) is 0 Å². The smallest absolute Gasteiger partial charge is 0.274 e. The van der Waals surface area contributed by atoms with Gasteiger partial charge in [-0.15, -0.1) is 11.3 Å². The van der Waals surface area contributed by atoms with Crippen molar-refractivity contribution in [2.75, 3.05) is 13.6 Å². The first-order chi connectivity index (χ1) is 9.65. The number of nitrogens with one attached hydrogen (secondary N) is 1. The summed E-state index contributed by atoms with van der Waals surface area (Å²) in [4.78, 5) is 19.5. The van der Waals surface area contributed by atoms with Crippen LogP contribution < -0.4 is 0 Å². The van der Waals surface area contributed by atoms with Gasteiger partial charge in [0.1, 0.15) is 5.69 Å². The van der Waals surface area contributed by atoms with Crippen molar-refractivity contribution in [2.24, 2.45) is 0 Å². The molecule has 20 heavy (non-hydrogen) atoms. The molecule has 1 fully saturated rings. The summed E-state index contributed by atoms with van der Waals surface area (Å²) in [6, 6.07) is 1.90. The molecule has 1 N–H and O–H groups in total. The Hall–Kier alpha value is -1.69. The summed E-state index contributed by atoms with van der Waals surface area (Å²) in [6.07, 6.45) is 3.26. The van der Waals surface area contributed by atoms with E-state index in [1.54, 1.807) is 16.2 Å². The molecule has 0 aromatic carbocycles. The van der Waals surface area contributed by atoms with E-state index in [9.17, 15) is 4.79 Å². The van der Waals surface area contributed by atoms with Gasteiger partial charge in [-0.2, -0.15) is 5.10 Å². The minimum atomic E-state index is -0.0182. The number of rotatable bonds is 5. The number of aromatic nitrogens is 3. The van der Waals surface area contributed by atoms with Gasteiger partial charge in [-0.05, 0) is 25.8 Å². The molecule has 0 unspecified atom stereocenters. The highest BCUT2D eigenvalue weighted by atomic mass is 32.1. The van der Waals surface area contributed by atoms with Crippen LogP contribution in [0, 0.1) is 6.92 Å². The second-order valence-electron chi connectivity index (χ2n) is 5.32. The van der Waals surface area contributed by atoms with Crippen LogP contribution >= 0.6 is 11.3 Å². The van der Waals surface area contributed by atoms with Gasteiger partial charge in [0.2, 0.25) is 0 Å². The lowest BCUT2D eigenvalue weighted by molar-refractivity contribution is 0.0791. The van der Waals surface area contributed by atoms with Crippen molar-refractivity contribution >= 4 is 17.2 Å². The molecule has 1 saturated carbocycles. The molecule has 106 valence electrons. The average Bonchev–Trinajstić information content (AvgIpc) is 3.03. The number of carbonyl (C=O) groups excluding carboxylic acids is 1. The molecule has 2 aromatic rings. The van der Waals surface area contributed by atoms with E-state index in [0.717, 1.165) is 17.8 Å². The van der Waals surface area contributed by atoms with Crippen LogP contribution in [0.15, 0.2) is 11.6 Å². The molecule has 0 atom stereocenters. The molecule has 0 radical (unpaired) electrons. The van der Waals surface area contributed by atoms with Crippen LogP contribution in [0.3, 0.4) is 0 Å². The molecule has 0 spiro atoms. The third kappa shape index (κ3) is 2.75. The first kappa shape index (κ1) is 13.3. The molecule has 3 rings (SSSR count). The van der Waals surface area contributed by atoms with Crippen molar-refractivity contribution in [1.82, 2.24) is 20.1 Å². The third-order valence-corrected chi connectivity index (χ3v) is 4.69. The Bertz CT molecular complexity index is 614. The molecule has 2 aromatic heterocycles. The predicted molar refractivity (Wildman–Crippen MR) is 78.1 cm³/mol. The van der Waals surface area contributed by atoms with E-state index in [0.29, 0.717) is 18.2 Å². The topological polar surface area (TPSA) is 61.9 Å². The summed E-state index contributed by atoms with van der Waals surface area (Å²) in [6.45, 7) is 2.69. The van der Waals surface area contributed by atoms with E-state index < -0.39 is 0 Å². The lowest BCUT2D eigenvalue weighted by Gasteiger charge is -2.15. The minimum absolute atomic E-state index is 0.0182. The highest BCUT2D eigenvalue weighted by molar-refractivity contribution is 7.09. The van der Waals surface area contributed by atoms with E-state index in [2.05, 4.69) is 15.2 Å².